The first-order valence-electron chi connectivity index (χ1n) is 7.28. The molecule has 114 valence electrons. The first kappa shape index (κ1) is 16.0. The summed E-state index contributed by atoms with van der Waals surface area (Å²) >= 11 is 1.80. The molecule has 1 aromatic carbocycles. The molecule has 2 aromatic rings. The molecule has 0 aliphatic rings. The molecule has 3 nitrogen and oxygen atoms in total. The number of thiophene rings is 1. The molecule has 1 aromatic heterocycles. The van der Waals surface area contributed by atoms with Crippen molar-refractivity contribution >= 4 is 11.3 Å². The van der Waals surface area contributed by atoms with Crippen molar-refractivity contribution in [1.82, 2.24) is 4.90 Å². The Kier molecular flexibility index (Phi) is 6.73. The number of hydrogen-bond acceptors (Lipinski definition) is 4. The lowest BCUT2D eigenvalue weighted by molar-refractivity contribution is 0.108. The van der Waals surface area contributed by atoms with Gasteiger partial charge in [0, 0.05) is 36.7 Å². The van der Waals surface area contributed by atoms with Gasteiger partial charge in [0.15, 0.2) is 0 Å². The van der Waals surface area contributed by atoms with Crippen molar-refractivity contribution in [2.45, 2.75) is 20.0 Å². The SMILES string of the molecule is CCOCCN(Cc1cccs1)Cc1ccccc1OC. The molecule has 0 saturated carbocycles. The monoisotopic (exact) mass is 305 g/mol. The summed E-state index contributed by atoms with van der Waals surface area (Å²) in [5.41, 5.74) is 1.22. The van der Waals surface area contributed by atoms with Crippen LogP contribution in [0, 0.1) is 0 Å². The van der Waals surface area contributed by atoms with Crippen molar-refractivity contribution < 1.29 is 9.47 Å². The number of methoxy groups -OCH3 is 1. The average molecular weight is 305 g/mol. The number of nitrogens with zero attached hydrogens (tertiary/aromatic N) is 1. The highest BCUT2D eigenvalue weighted by molar-refractivity contribution is 7.09. The Bertz CT molecular complexity index is 513. The zero-order chi connectivity index (χ0) is 14.9. The van der Waals surface area contributed by atoms with Gasteiger partial charge < -0.3 is 9.47 Å². The van der Waals surface area contributed by atoms with Crippen LogP contribution in [0.25, 0.3) is 0 Å². The fourth-order valence-electron chi connectivity index (χ4n) is 2.25. The molecule has 0 unspecified atom stereocenters. The van der Waals surface area contributed by atoms with Crippen LogP contribution in [0.1, 0.15) is 17.4 Å². The first-order chi connectivity index (χ1) is 10.3. The van der Waals surface area contributed by atoms with Gasteiger partial charge in [-0.05, 0) is 24.4 Å². The summed E-state index contributed by atoms with van der Waals surface area (Å²) < 4.78 is 11.0. The maximum absolute atomic E-state index is 5.51. The molecule has 0 fully saturated rings. The third-order valence-corrected chi connectivity index (χ3v) is 4.16. The molecule has 0 N–H and O–H groups in total. The normalized spacial score (nSPS) is 11.0. The van der Waals surface area contributed by atoms with Gasteiger partial charge in [-0.2, -0.15) is 0 Å². The van der Waals surface area contributed by atoms with Crippen LogP contribution in [0.5, 0.6) is 5.75 Å². The van der Waals surface area contributed by atoms with Gasteiger partial charge >= 0.3 is 0 Å². The Hall–Kier alpha value is -1.36. The molecule has 0 aliphatic heterocycles. The molecule has 0 atom stereocenters. The quantitative estimate of drug-likeness (QED) is 0.658. The van der Waals surface area contributed by atoms with Gasteiger partial charge in [0.05, 0.1) is 13.7 Å². The molecule has 0 saturated heterocycles. The van der Waals surface area contributed by atoms with Gasteiger partial charge in [0.25, 0.3) is 0 Å². The maximum atomic E-state index is 5.51. The molecule has 0 amide bonds. The van der Waals surface area contributed by atoms with Crippen molar-refractivity contribution in [2.75, 3.05) is 26.9 Å². The summed E-state index contributed by atoms with van der Waals surface area (Å²) in [6, 6.07) is 12.5. The second kappa shape index (κ2) is 8.82. The van der Waals surface area contributed by atoms with E-state index in [9.17, 15) is 0 Å². The van der Waals surface area contributed by atoms with Gasteiger partial charge in [-0.3, -0.25) is 4.90 Å². The lowest BCUT2D eigenvalue weighted by Gasteiger charge is -2.22. The Morgan fingerprint density at radius 1 is 1.10 bits per heavy atom. The highest BCUT2D eigenvalue weighted by atomic mass is 32.1. The van der Waals surface area contributed by atoms with E-state index in [0.717, 1.165) is 38.6 Å². The predicted molar refractivity (Wildman–Crippen MR) is 87.9 cm³/mol. The Labute approximate surface area is 131 Å². The van der Waals surface area contributed by atoms with Crippen LogP contribution < -0.4 is 4.74 Å². The van der Waals surface area contributed by atoms with Crippen molar-refractivity contribution in [1.29, 1.82) is 0 Å². The van der Waals surface area contributed by atoms with Crippen LogP contribution in [-0.4, -0.2) is 31.8 Å². The molecule has 0 radical (unpaired) electrons. The van der Waals surface area contributed by atoms with Gasteiger partial charge in [-0.25, -0.2) is 0 Å². The third kappa shape index (κ3) is 5.16. The van der Waals surface area contributed by atoms with E-state index in [1.54, 1.807) is 18.4 Å². The van der Waals surface area contributed by atoms with Crippen molar-refractivity contribution in [3.05, 3.63) is 52.2 Å². The zero-order valence-electron chi connectivity index (χ0n) is 12.7. The standard InChI is InChI=1S/C17H23NO2S/c1-3-20-11-10-18(14-16-8-6-12-21-16)13-15-7-4-5-9-17(15)19-2/h4-9,12H,3,10-11,13-14H2,1-2H3. The summed E-state index contributed by atoms with van der Waals surface area (Å²) in [6.07, 6.45) is 0. The number of para-hydroxylation sites is 1. The van der Waals surface area contributed by atoms with Gasteiger partial charge in [-0.1, -0.05) is 24.3 Å². The largest absolute Gasteiger partial charge is 0.496 e. The fourth-order valence-corrected chi connectivity index (χ4v) is 3.00. The number of benzene rings is 1. The predicted octanol–water partition coefficient (Wildman–Crippen LogP) is 3.80. The minimum absolute atomic E-state index is 0.761. The minimum Gasteiger partial charge on any atom is -0.496 e. The second-order valence-electron chi connectivity index (χ2n) is 4.80. The summed E-state index contributed by atoms with van der Waals surface area (Å²) in [6.45, 7) is 6.30. The van der Waals surface area contributed by atoms with Crippen LogP contribution in [0.2, 0.25) is 0 Å². The average Bonchev–Trinajstić information content (AvgIpc) is 3.01. The Balaban J connectivity index is 2.03. The number of ether oxygens (including phenoxy) is 2. The maximum Gasteiger partial charge on any atom is 0.123 e. The molecular formula is C17H23NO2S. The molecule has 0 bridgehead atoms. The second-order valence-corrected chi connectivity index (χ2v) is 5.83. The minimum atomic E-state index is 0.761. The first-order valence-corrected chi connectivity index (χ1v) is 8.15. The van der Waals surface area contributed by atoms with E-state index in [4.69, 9.17) is 9.47 Å². The van der Waals surface area contributed by atoms with Crippen LogP contribution in [0.3, 0.4) is 0 Å². The summed E-state index contributed by atoms with van der Waals surface area (Å²) in [5, 5.41) is 2.12. The molecule has 1 heterocycles. The Morgan fingerprint density at radius 2 is 1.95 bits per heavy atom. The van der Waals surface area contributed by atoms with E-state index in [-0.39, 0.29) is 0 Å². The highest BCUT2D eigenvalue weighted by Gasteiger charge is 2.10. The number of hydrogen-bond donors (Lipinski definition) is 0. The van der Waals surface area contributed by atoms with Crippen LogP contribution in [0.4, 0.5) is 0 Å². The lowest BCUT2D eigenvalue weighted by atomic mass is 10.2. The highest BCUT2D eigenvalue weighted by Crippen LogP contribution is 2.21. The topological polar surface area (TPSA) is 21.7 Å². The number of rotatable bonds is 9. The smallest absolute Gasteiger partial charge is 0.123 e. The van der Waals surface area contributed by atoms with E-state index in [1.165, 1.54) is 10.4 Å². The van der Waals surface area contributed by atoms with Gasteiger partial charge in [0.2, 0.25) is 0 Å². The summed E-state index contributed by atoms with van der Waals surface area (Å²) in [7, 11) is 1.72. The Morgan fingerprint density at radius 3 is 2.67 bits per heavy atom. The third-order valence-electron chi connectivity index (χ3n) is 3.30. The fraction of sp³-hybridized carbons (Fsp3) is 0.412. The van der Waals surface area contributed by atoms with E-state index in [0.29, 0.717) is 0 Å². The molecular weight excluding hydrogens is 282 g/mol. The van der Waals surface area contributed by atoms with E-state index in [1.807, 2.05) is 19.1 Å². The van der Waals surface area contributed by atoms with E-state index < -0.39 is 0 Å². The van der Waals surface area contributed by atoms with Crippen molar-refractivity contribution in [3.63, 3.8) is 0 Å². The summed E-state index contributed by atoms with van der Waals surface area (Å²) in [4.78, 5) is 3.78. The molecule has 4 heteroatoms. The molecule has 0 spiro atoms. The van der Waals surface area contributed by atoms with Crippen LogP contribution in [-0.2, 0) is 17.8 Å². The lowest BCUT2D eigenvalue weighted by Crippen LogP contribution is -2.26. The van der Waals surface area contributed by atoms with Gasteiger partial charge in [-0.15, -0.1) is 11.3 Å². The molecule has 21 heavy (non-hydrogen) atoms. The van der Waals surface area contributed by atoms with E-state index in [2.05, 4.69) is 34.5 Å². The van der Waals surface area contributed by atoms with Crippen LogP contribution >= 0.6 is 11.3 Å². The van der Waals surface area contributed by atoms with Crippen molar-refractivity contribution in [3.8, 4) is 5.75 Å². The molecule has 0 aliphatic carbocycles. The van der Waals surface area contributed by atoms with Crippen LogP contribution in [0.15, 0.2) is 41.8 Å². The van der Waals surface area contributed by atoms with Gasteiger partial charge in [0.1, 0.15) is 5.75 Å². The molecule has 2 rings (SSSR count). The van der Waals surface area contributed by atoms with E-state index >= 15 is 0 Å². The van der Waals surface area contributed by atoms with Crippen molar-refractivity contribution in [2.24, 2.45) is 0 Å². The summed E-state index contributed by atoms with van der Waals surface area (Å²) in [5.74, 6) is 0.949. The zero-order valence-corrected chi connectivity index (χ0v) is 13.6.